The van der Waals surface area contributed by atoms with Crippen LogP contribution < -0.4 is 15.0 Å². The largest absolute Gasteiger partial charge is 0.435 e. The molecule has 1 aromatic carbocycles. The standard InChI is InChI=1S/C12H12ClF2N5O/c1-20(2)12-18-9(13)17-11(19-12)16-7-3-5-8(6-4-7)21-10(14)15/h3-6,10H,1-2H3,(H,16,17,18,19). The molecule has 112 valence electrons. The Labute approximate surface area is 124 Å². The van der Waals surface area contributed by atoms with Crippen molar-refractivity contribution in [2.24, 2.45) is 0 Å². The molecule has 1 aromatic heterocycles. The molecule has 0 saturated heterocycles. The van der Waals surface area contributed by atoms with E-state index in [0.717, 1.165) is 0 Å². The highest BCUT2D eigenvalue weighted by Crippen LogP contribution is 2.21. The van der Waals surface area contributed by atoms with Crippen LogP contribution in [0.25, 0.3) is 0 Å². The normalized spacial score (nSPS) is 10.6. The number of ether oxygens (including phenoxy) is 1. The number of rotatable bonds is 5. The molecule has 0 amide bonds. The third-order valence-electron chi connectivity index (χ3n) is 2.33. The van der Waals surface area contributed by atoms with E-state index in [0.29, 0.717) is 11.6 Å². The van der Waals surface area contributed by atoms with E-state index in [2.05, 4.69) is 25.0 Å². The van der Waals surface area contributed by atoms with Crippen LogP contribution in [0.1, 0.15) is 0 Å². The third kappa shape index (κ3) is 4.38. The molecular formula is C12H12ClF2N5O. The molecule has 21 heavy (non-hydrogen) atoms. The van der Waals surface area contributed by atoms with Crippen LogP contribution in [0, 0.1) is 0 Å². The van der Waals surface area contributed by atoms with Gasteiger partial charge in [0, 0.05) is 19.8 Å². The zero-order valence-corrected chi connectivity index (χ0v) is 12.0. The van der Waals surface area contributed by atoms with E-state index in [4.69, 9.17) is 11.6 Å². The molecule has 9 heteroatoms. The molecule has 0 aliphatic carbocycles. The van der Waals surface area contributed by atoms with Gasteiger partial charge >= 0.3 is 6.61 Å². The lowest BCUT2D eigenvalue weighted by Crippen LogP contribution is -2.14. The minimum atomic E-state index is -2.85. The summed E-state index contributed by atoms with van der Waals surface area (Å²) >= 11 is 5.81. The Kier molecular flexibility index (Phi) is 4.69. The van der Waals surface area contributed by atoms with Crippen LogP contribution in [-0.2, 0) is 0 Å². The Bertz CT molecular complexity index is 609. The van der Waals surface area contributed by atoms with Crippen LogP contribution in [0.3, 0.4) is 0 Å². The lowest BCUT2D eigenvalue weighted by Gasteiger charge is -2.12. The summed E-state index contributed by atoms with van der Waals surface area (Å²) in [7, 11) is 3.54. The van der Waals surface area contributed by atoms with Crippen molar-refractivity contribution in [1.29, 1.82) is 0 Å². The number of halogens is 3. The van der Waals surface area contributed by atoms with Crippen molar-refractivity contribution in [3.05, 3.63) is 29.5 Å². The maximum Gasteiger partial charge on any atom is 0.387 e. The van der Waals surface area contributed by atoms with Gasteiger partial charge in [0.2, 0.25) is 17.2 Å². The molecule has 2 rings (SSSR count). The molecule has 6 nitrogen and oxygen atoms in total. The summed E-state index contributed by atoms with van der Waals surface area (Å²) in [5, 5.41) is 2.95. The van der Waals surface area contributed by atoms with Crippen molar-refractivity contribution in [1.82, 2.24) is 15.0 Å². The quantitative estimate of drug-likeness (QED) is 0.915. The van der Waals surface area contributed by atoms with E-state index in [1.165, 1.54) is 12.1 Å². The molecule has 0 spiro atoms. The summed E-state index contributed by atoms with van der Waals surface area (Å²) in [5.74, 6) is 0.717. The van der Waals surface area contributed by atoms with Gasteiger partial charge in [0.05, 0.1) is 0 Å². The Morgan fingerprint density at radius 2 is 1.81 bits per heavy atom. The van der Waals surface area contributed by atoms with Crippen LogP contribution in [-0.4, -0.2) is 35.7 Å². The second-order valence-electron chi connectivity index (χ2n) is 4.15. The van der Waals surface area contributed by atoms with Gasteiger partial charge in [-0.15, -0.1) is 0 Å². The predicted octanol–water partition coefficient (Wildman–Crippen LogP) is 2.94. The van der Waals surface area contributed by atoms with E-state index in [9.17, 15) is 8.78 Å². The van der Waals surface area contributed by atoms with Crippen LogP contribution >= 0.6 is 11.6 Å². The van der Waals surface area contributed by atoms with Crippen LogP contribution in [0.2, 0.25) is 5.28 Å². The molecule has 0 radical (unpaired) electrons. The van der Waals surface area contributed by atoms with E-state index in [1.807, 2.05) is 0 Å². The molecule has 0 atom stereocenters. The van der Waals surface area contributed by atoms with Gasteiger partial charge in [-0.05, 0) is 35.9 Å². The number of hydrogen-bond donors (Lipinski definition) is 1. The van der Waals surface area contributed by atoms with Gasteiger partial charge in [-0.25, -0.2) is 0 Å². The van der Waals surface area contributed by atoms with Crippen molar-refractivity contribution >= 4 is 29.2 Å². The van der Waals surface area contributed by atoms with Gasteiger partial charge in [0.25, 0.3) is 0 Å². The summed E-state index contributed by atoms with van der Waals surface area (Å²) in [5.41, 5.74) is 0.601. The van der Waals surface area contributed by atoms with Gasteiger partial charge in [-0.1, -0.05) is 0 Å². The number of nitrogens with zero attached hydrogens (tertiary/aromatic N) is 4. The van der Waals surface area contributed by atoms with Crippen LogP contribution in [0.15, 0.2) is 24.3 Å². The summed E-state index contributed by atoms with van der Waals surface area (Å²) in [4.78, 5) is 13.7. The van der Waals surface area contributed by atoms with Gasteiger partial charge in [-0.3, -0.25) is 0 Å². The average molecular weight is 316 g/mol. The second kappa shape index (κ2) is 6.49. The fourth-order valence-electron chi connectivity index (χ4n) is 1.44. The number of anilines is 3. The highest BCUT2D eigenvalue weighted by atomic mass is 35.5. The Morgan fingerprint density at radius 3 is 2.38 bits per heavy atom. The maximum absolute atomic E-state index is 12.0. The topological polar surface area (TPSA) is 63.2 Å². The fourth-order valence-corrected chi connectivity index (χ4v) is 1.60. The summed E-state index contributed by atoms with van der Waals surface area (Å²) in [6.07, 6.45) is 0. The van der Waals surface area contributed by atoms with Crippen molar-refractivity contribution in [2.45, 2.75) is 6.61 Å². The monoisotopic (exact) mass is 315 g/mol. The van der Waals surface area contributed by atoms with Crippen molar-refractivity contribution < 1.29 is 13.5 Å². The summed E-state index contributed by atoms with van der Waals surface area (Å²) in [6.45, 7) is -2.85. The Balaban J connectivity index is 2.14. The molecule has 1 heterocycles. The molecule has 0 unspecified atom stereocenters. The molecule has 0 fully saturated rings. The smallest absolute Gasteiger partial charge is 0.387 e. The first kappa shape index (κ1) is 15.2. The first-order valence-electron chi connectivity index (χ1n) is 5.85. The molecular weight excluding hydrogens is 304 g/mol. The predicted molar refractivity (Wildman–Crippen MR) is 75.5 cm³/mol. The summed E-state index contributed by atoms with van der Waals surface area (Å²) < 4.78 is 28.4. The van der Waals surface area contributed by atoms with Crippen molar-refractivity contribution in [3.63, 3.8) is 0 Å². The lowest BCUT2D eigenvalue weighted by molar-refractivity contribution is -0.0498. The lowest BCUT2D eigenvalue weighted by atomic mass is 10.3. The molecule has 0 bridgehead atoms. The van der Waals surface area contributed by atoms with Crippen molar-refractivity contribution in [3.8, 4) is 5.75 Å². The van der Waals surface area contributed by atoms with Crippen LogP contribution in [0.5, 0.6) is 5.75 Å². The SMILES string of the molecule is CN(C)c1nc(Cl)nc(Nc2ccc(OC(F)F)cc2)n1. The van der Waals surface area contributed by atoms with Crippen molar-refractivity contribution in [2.75, 3.05) is 24.3 Å². The van der Waals surface area contributed by atoms with Gasteiger partial charge in [0.15, 0.2) is 0 Å². The van der Waals surface area contributed by atoms with E-state index in [1.54, 1.807) is 31.1 Å². The van der Waals surface area contributed by atoms with Gasteiger partial charge in [0.1, 0.15) is 5.75 Å². The summed E-state index contributed by atoms with van der Waals surface area (Å²) in [6, 6.07) is 5.93. The zero-order valence-electron chi connectivity index (χ0n) is 11.2. The molecule has 0 aliphatic heterocycles. The highest BCUT2D eigenvalue weighted by molar-refractivity contribution is 6.28. The minimum Gasteiger partial charge on any atom is -0.435 e. The highest BCUT2D eigenvalue weighted by Gasteiger charge is 2.08. The van der Waals surface area contributed by atoms with Gasteiger partial charge in [-0.2, -0.15) is 23.7 Å². The average Bonchev–Trinajstić information content (AvgIpc) is 2.39. The number of nitrogens with one attached hydrogen (secondary N) is 1. The molecule has 1 N–H and O–H groups in total. The molecule has 2 aromatic rings. The van der Waals surface area contributed by atoms with Gasteiger partial charge < -0.3 is 15.0 Å². The third-order valence-corrected chi connectivity index (χ3v) is 2.50. The second-order valence-corrected chi connectivity index (χ2v) is 4.49. The van der Waals surface area contributed by atoms with E-state index >= 15 is 0 Å². The number of aromatic nitrogens is 3. The number of hydrogen-bond acceptors (Lipinski definition) is 6. The maximum atomic E-state index is 12.0. The Hall–Kier alpha value is -2.22. The Morgan fingerprint density at radius 1 is 1.14 bits per heavy atom. The fraction of sp³-hybridized carbons (Fsp3) is 0.250. The first-order valence-corrected chi connectivity index (χ1v) is 6.22. The van der Waals surface area contributed by atoms with E-state index in [-0.39, 0.29) is 17.0 Å². The molecule has 0 aliphatic rings. The first-order chi connectivity index (χ1) is 9.94. The van der Waals surface area contributed by atoms with E-state index < -0.39 is 6.61 Å². The zero-order chi connectivity index (χ0) is 15.4. The van der Waals surface area contributed by atoms with Crippen LogP contribution in [0.4, 0.5) is 26.4 Å². The number of benzene rings is 1. The molecule has 0 saturated carbocycles. The minimum absolute atomic E-state index is 0.0499. The number of alkyl halides is 2.